The molecule has 0 amide bonds. The number of nitrogens with one attached hydrogen (secondary N) is 1. The number of nitrogens with zero attached hydrogens (tertiary/aromatic N) is 2. The molecule has 18 heavy (non-hydrogen) atoms. The minimum atomic E-state index is -0.478. The van der Waals surface area contributed by atoms with Crippen LogP contribution in [0.25, 0.3) is 11.1 Å². The van der Waals surface area contributed by atoms with Gasteiger partial charge in [0.2, 0.25) is 0 Å². The average molecular weight is 251 g/mol. The molecule has 1 heterocycles. The van der Waals surface area contributed by atoms with E-state index in [4.69, 9.17) is 9.52 Å². The molecule has 2 aromatic rings. The summed E-state index contributed by atoms with van der Waals surface area (Å²) in [5.41, 5.74) is 0.898. The molecule has 0 spiro atoms. The van der Waals surface area contributed by atoms with Crippen LogP contribution in [0, 0.1) is 10.1 Å². The van der Waals surface area contributed by atoms with E-state index in [0.29, 0.717) is 30.1 Å². The second kappa shape index (κ2) is 5.01. The molecule has 2 N–H and O–H groups in total. The second-order valence-corrected chi connectivity index (χ2v) is 3.99. The van der Waals surface area contributed by atoms with E-state index in [9.17, 15) is 10.1 Å². The fraction of sp³-hybridized carbons (Fsp3) is 0.364. The van der Waals surface area contributed by atoms with E-state index in [0.717, 1.165) is 0 Å². The summed E-state index contributed by atoms with van der Waals surface area (Å²) in [6.07, 6.45) is 0.168. The van der Waals surface area contributed by atoms with Crippen LogP contribution < -0.4 is 5.32 Å². The number of benzene rings is 1. The highest BCUT2D eigenvalue weighted by Gasteiger charge is 2.11. The summed E-state index contributed by atoms with van der Waals surface area (Å²) in [5.74, 6) is 0. The summed E-state index contributed by atoms with van der Waals surface area (Å²) < 4.78 is 5.36. The zero-order chi connectivity index (χ0) is 13.1. The van der Waals surface area contributed by atoms with Crippen LogP contribution in [0.5, 0.6) is 0 Å². The van der Waals surface area contributed by atoms with Gasteiger partial charge in [0.05, 0.1) is 11.0 Å². The third-order valence-corrected chi connectivity index (χ3v) is 2.42. The van der Waals surface area contributed by atoms with Crippen molar-refractivity contribution in [2.75, 3.05) is 11.9 Å². The van der Waals surface area contributed by atoms with Crippen molar-refractivity contribution in [3.8, 4) is 0 Å². The molecule has 0 aliphatic heterocycles. The first-order chi connectivity index (χ1) is 8.56. The number of nitro groups is 1. The third-order valence-electron chi connectivity index (χ3n) is 2.42. The van der Waals surface area contributed by atoms with Gasteiger partial charge >= 0.3 is 0 Å². The number of rotatable bonds is 5. The Hall–Kier alpha value is -2.15. The lowest BCUT2D eigenvalue weighted by Crippen LogP contribution is -2.09. The quantitative estimate of drug-likeness (QED) is 0.621. The number of fused-ring (bicyclic) bond motifs is 1. The Morgan fingerprint density at radius 2 is 2.39 bits per heavy atom. The molecule has 0 radical (unpaired) electrons. The summed E-state index contributed by atoms with van der Waals surface area (Å²) in [5, 5.41) is 22.6. The molecule has 0 bridgehead atoms. The Labute approximate surface area is 103 Å². The molecule has 0 aliphatic carbocycles. The van der Waals surface area contributed by atoms with Gasteiger partial charge in [0.15, 0.2) is 5.58 Å². The van der Waals surface area contributed by atoms with Crippen molar-refractivity contribution in [1.82, 2.24) is 4.98 Å². The Morgan fingerprint density at radius 3 is 3.06 bits per heavy atom. The summed E-state index contributed by atoms with van der Waals surface area (Å²) in [7, 11) is 0. The number of oxazole rings is 1. The number of non-ortho nitro benzene ring substituents is 1. The number of aliphatic hydroxyl groups is 1. The normalized spacial score (nSPS) is 12.6. The summed E-state index contributed by atoms with van der Waals surface area (Å²) in [6.45, 7) is 2.21. The van der Waals surface area contributed by atoms with Gasteiger partial charge in [0.25, 0.3) is 11.7 Å². The summed E-state index contributed by atoms with van der Waals surface area (Å²) >= 11 is 0. The zero-order valence-corrected chi connectivity index (χ0v) is 9.79. The first kappa shape index (κ1) is 12.3. The van der Waals surface area contributed by atoms with Crippen molar-refractivity contribution in [1.29, 1.82) is 0 Å². The van der Waals surface area contributed by atoms with Gasteiger partial charge in [-0.3, -0.25) is 10.1 Å². The molecule has 2 rings (SSSR count). The van der Waals surface area contributed by atoms with Gasteiger partial charge in [-0.2, -0.15) is 4.98 Å². The number of aromatic nitrogens is 1. The topological polar surface area (TPSA) is 101 Å². The lowest BCUT2D eigenvalue weighted by molar-refractivity contribution is -0.384. The Morgan fingerprint density at radius 1 is 1.61 bits per heavy atom. The maximum atomic E-state index is 10.6. The van der Waals surface area contributed by atoms with Gasteiger partial charge in [0.1, 0.15) is 5.52 Å². The molecule has 1 aromatic carbocycles. The van der Waals surface area contributed by atoms with Crippen molar-refractivity contribution < 1.29 is 14.4 Å². The SMILES string of the molecule is CC(O)CCNc1nc2cc([N+](=O)[O-])ccc2o1. The van der Waals surface area contributed by atoms with Crippen molar-refractivity contribution in [3.05, 3.63) is 28.3 Å². The van der Waals surface area contributed by atoms with Crippen molar-refractivity contribution in [2.45, 2.75) is 19.4 Å². The van der Waals surface area contributed by atoms with Gasteiger partial charge < -0.3 is 14.8 Å². The first-order valence-corrected chi connectivity index (χ1v) is 5.53. The molecule has 1 atom stereocenters. The van der Waals surface area contributed by atoms with Crippen LogP contribution in [0.15, 0.2) is 22.6 Å². The van der Waals surface area contributed by atoms with E-state index < -0.39 is 11.0 Å². The number of anilines is 1. The zero-order valence-electron chi connectivity index (χ0n) is 9.79. The number of hydrogen-bond donors (Lipinski definition) is 2. The van der Waals surface area contributed by atoms with E-state index in [1.165, 1.54) is 18.2 Å². The van der Waals surface area contributed by atoms with E-state index >= 15 is 0 Å². The molecule has 0 saturated carbocycles. The lowest BCUT2D eigenvalue weighted by Gasteiger charge is -2.03. The van der Waals surface area contributed by atoms with E-state index in [1.807, 2.05) is 0 Å². The average Bonchev–Trinajstić information content (AvgIpc) is 2.69. The number of aliphatic hydroxyl groups excluding tert-OH is 1. The molecular formula is C11H13N3O4. The van der Waals surface area contributed by atoms with Gasteiger partial charge in [-0.1, -0.05) is 0 Å². The standard InChI is InChI=1S/C11H13N3O4/c1-7(15)4-5-12-11-13-9-6-8(14(16)17)2-3-10(9)18-11/h2-3,6-7,15H,4-5H2,1H3,(H,12,13). The fourth-order valence-corrected chi connectivity index (χ4v) is 1.49. The van der Waals surface area contributed by atoms with Crippen LogP contribution in [-0.4, -0.2) is 27.7 Å². The molecule has 0 fully saturated rings. The minimum absolute atomic E-state index is 0.0219. The molecular weight excluding hydrogens is 238 g/mol. The highest BCUT2D eigenvalue weighted by Crippen LogP contribution is 2.23. The molecule has 1 unspecified atom stereocenters. The monoisotopic (exact) mass is 251 g/mol. The molecule has 7 heteroatoms. The second-order valence-electron chi connectivity index (χ2n) is 3.99. The highest BCUT2D eigenvalue weighted by atomic mass is 16.6. The van der Waals surface area contributed by atoms with Gasteiger partial charge in [-0.05, 0) is 19.4 Å². The molecule has 0 aliphatic rings. The fourth-order valence-electron chi connectivity index (χ4n) is 1.49. The largest absolute Gasteiger partial charge is 0.424 e. The van der Waals surface area contributed by atoms with Crippen LogP contribution >= 0.6 is 0 Å². The highest BCUT2D eigenvalue weighted by molar-refractivity contribution is 5.77. The predicted molar refractivity (Wildman–Crippen MR) is 65.5 cm³/mol. The van der Waals surface area contributed by atoms with Crippen LogP contribution in [0.1, 0.15) is 13.3 Å². The van der Waals surface area contributed by atoms with Crippen molar-refractivity contribution >= 4 is 22.8 Å². The first-order valence-electron chi connectivity index (χ1n) is 5.53. The molecule has 7 nitrogen and oxygen atoms in total. The maximum absolute atomic E-state index is 10.6. The van der Waals surface area contributed by atoms with Crippen molar-refractivity contribution in [2.24, 2.45) is 0 Å². The number of hydrogen-bond acceptors (Lipinski definition) is 6. The van der Waals surface area contributed by atoms with E-state index in [2.05, 4.69) is 10.3 Å². The third kappa shape index (κ3) is 2.75. The van der Waals surface area contributed by atoms with Crippen LogP contribution in [0.4, 0.5) is 11.7 Å². The van der Waals surface area contributed by atoms with Crippen molar-refractivity contribution in [3.63, 3.8) is 0 Å². The Bertz CT molecular complexity index is 564. The van der Waals surface area contributed by atoms with E-state index in [1.54, 1.807) is 6.92 Å². The smallest absolute Gasteiger partial charge is 0.295 e. The Kier molecular flexibility index (Phi) is 3.42. The van der Waals surface area contributed by atoms with E-state index in [-0.39, 0.29) is 5.69 Å². The number of nitro benzene ring substituents is 1. The Balaban J connectivity index is 2.14. The molecule has 1 aromatic heterocycles. The minimum Gasteiger partial charge on any atom is -0.424 e. The summed E-state index contributed by atoms with van der Waals surface area (Å²) in [6, 6.07) is 4.54. The van der Waals surface area contributed by atoms with Gasteiger partial charge in [-0.15, -0.1) is 0 Å². The summed E-state index contributed by atoms with van der Waals surface area (Å²) in [4.78, 5) is 14.2. The van der Waals surface area contributed by atoms with Gasteiger partial charge in [0, 0.05) is 18.7 Å². The van der Waals surface area contributed by atoms with Crippen LogP contribution in [0.3, 0.4) is 0 Å². The van der Waals surface area contributed by atoms with Crippen LogP contribution in [0.2, 0.25) is 0 Å². The predicted octanol–water partition coefficient (Wildman–Crippen LogP) is 1.92. The molecule has 96 valence electrons. The lowest BCUT2D eigenvalue weighted by atomic mass is 10.3. The van der Waals surface area contributed by atoms with Gasteiger partial charge in [-0.25, -0.2) is 0 Å². The molecule has 0 saturated heterocycles. The maximum Gasteiger partial charge on any atom is 0.295 e. The van der Waals surface area contributed by atoms with Crippen LogP contribution in [-0.2, 0) is 0 Å².